The average molecular weight is 499 g/mol. The molecule has 6 heteroatoms. The Morgan fingerprint density at radius 2 is 1.79 bits per heavy atom. The van der Waals surface area contributed by atoms with E-state index in [2.05, 4.69) is 65.5 Å². The van der Waals surface area contributed by atoms with E-state index in [1.54, 1.807) is 0 Å². The molecule has 4 nitrogen and oxygen atoms in total. The maximum atomic E-state index is 11.0. The summed E-state index contributed by atoms with van der Waals surface area (Å²) in [5.41, 5.74) is 3.90. The van der Waals surface area contributed by atoms with Gasteiger partial charge < -0.3 is 4.55 Å². The van der Waals surface area contributed by atoms with Crippen molar-refractivity contribution >= 4 is 10.4 Å². The van der Waals surface area contributed by atoms with E-state index in [1.165, 1.54) is 31.3 Å². The van der Waals surface area contributed by atoms with Gasteiger partial charge in [-0.05, 0) is 85.5 Å². The molecule has 186 valence electrons. The Morgan fingerprint density at radius 1 is 1.09 bits per heavy atom. The van der Waals surface area contributed by atoms with E-state index in [4.69, 9.17) is 4.18 Å². The molecule has 6 atom stereocenters. The Kier molecular flexibility index (Phi) is 10.9. The first-order valence-electron chi connectivity index (χ1n) is 12.8. The van der Waals surface area contributed by atoms with Gasteiger partial charge in [-0.25, -0.2) is 8.42 Å². The molecule has 3 aliphatic rings. The maximum Gasteiger partial charge on any atom is 1.00 e. The number of hydrogen-bond donors (Lipinski definition) is 0. The molecule has 0 unspecified atom stereocenters. The SMILES string of the molecule is C=C1CC[C@H](OS(=O)(=O)[O-])C/C1=C/C=C1\CCC[C@]2(C)[C@@H]([C@H](C)/C=C/[C@H](C)C(C)C)CC[C@@H]12.[Na+]. The largest absolute Gasteiger partial charge is 1.00 e. The summed E-state index contributed by atoms with van der Waals surface area (Å²) in [5.74, 6) is 3.19. The van der Waals surface area contributed by atoms with Gasteiger partial charge in [0.1, 0.15) is 0 Å². The third kappa shape index (κ3) is 7.43. The molecule has 0 bridgehead atoms. The predicted octanol–water partition coefficient (Wildman–Crippen LogP) is 4.13. The first kappa shape index (κ1) is 30.1. The predicted molar refractivity (Wildman–Crippen MR) is 134 cm³/mol. The summed E-state index contributed by atoms with van der Waals surface area (Å²) in [6.07, 6.45) is 16.5. The second-order valence-corrected chi connectivity index (χ2v) is 12.4. The van der Waals surface area contributed by atoms with Crippen molar-refractivity contribution in [2.75, 3.05) is 0 Å². The van der Waals surface area contributed by atoms with E-state index in [-0.39, 0.29) is 29.6 Å². The van der Waals surface area contributed by atoms with Crippen molar-refractivity contribution in [1.29, 1.82) is 0 Å². The van der Waals surface area contributed by atoms with E-state index >= 15 is 0 Å². The molecule has 0 aromatic rings. The van der Waals surface area contributed by atoms with Crippen LogP contribution in [0.4, 0.5) is 0 Å². The fourth-order valence-electron chi connectivity index (χ4n) is 6.48. The minimum Gasteiger partial charge on any atom is -0.726 e. The third-order valence-corrected chi connectivity index (χ3v) is 9.37. The summed E-state index contributed by atoms with van der Waals surface area (Å²) in [6, 6.07) is 0. The van der Waals surface area contributed by atoms with E-state index in [1.807, 2.05) is 0 Å². The van der Waals surface area contributed by atoms with Crippen LogP contribution in [0, 0.1) is 35.0 Å². The topological polar surface area (TPSA) is 66.4 Å². The molecule has 3 rings (SSSR count). The van der Waals surface area contributed by atoms with Crippen LogP contribution in [-0.4, -0.2) is 19.1 Å². The molecule has 0 aromatic carbocycles. The summed E-state index contributed by atoms with van der Waals surface area (Å²) in [5, 5.41) is 0. The van der Waals surface area contributed by atoms with Crippen LogP contribution in [0.5, 0.6) is 0 Å². The van der Waals surface area contributed by atoms with Crippen LogP contribution in [-0.2, 0) is 14.6 Å². The van der Waals surface area contributed by atoms with Gasteiger partial charge in [-0.3, -0.25) is 4.18 Å². The fourth-order valence-corrected chi connectivity index (χ4v) is 6.98. The molecule has 0 amide bonds. The van der Waals surface area contributed by atoms with Gasteiger partial charge in [-0.15, -0.1) is 0 Å². The summed E-state index contributed by atoms with van der Waals surface area (Å²) < 4.78 is 37.8. The van der Waals surface area contributed by atoms with E-state index in [0.717, 1.165) is 17.6 Å². The Bertz CT molecular complexity index is 917. The number of allylic oxidation sites excluding steroid dienone is 6. The van der Waals surface area contributed by atoms with Gasteiger partial charge in [0, 0.05) is 6.42 Å². The van der Waals surface area contributed by atoms with Gasteiger partial charge in [-0.1, -0.05) is 76.6 Å². The molecule has 0 aromatic heterocycles. The van der Waals surface area contributed by atoms with Crippen molar-refractivity contribution in [1.82, 2.24) is 0 Å². The number of rotatable bonds is 7. The summed E-state index contributed by atoms with van der Waals surface area (Å²) in [6.45, 7) is 16.0. The average Bonchev–Trinajstić information content (AvgIpc) is 3.08. The van der Waals surface area contributed by atoms with Crippen LogP contribution in [0.25, 0.3) is 0 Å². The van der Waals surface area contributed by atoms with Crippen LogP contribution in [0.1, 0.15) is 86.0 Å². The van der Waals surface area contributed by atoms with Crippen molar-refractivity contribution < 1.29 is 46.7 Å². The Morgan fingerprint density at radius 3 is 2.44 bits per heavy atom. The van der Waals surface area contributed by atoms with E-state index < -0.39 is 16.5 Å². The molecule has 0 aliphatic heterocycles. The van der Waals surface area contributed by atoms with Gasteiger partial charge in [0.2, 0.25) is 10.4 Å². The Hall–Kier alpha value is -0.170. The Labute approximate surface area is 230 Å². The molecule has 0 saturated heterocycles. The van der Waals surface area contributed by atoms with Gasteiger partial charge in [-0.2, -0.15) is 0 Å². The van der Waals surface area contributed by atoms with Crippen LogP contribution >= 0.6 is 0 Å². The zero-order valence-corrected chi connectivity index (χ0v) is 25.0. The smallest absolute Gasteiger partial charge is 0.726 e. The number of hydrogen-bond acceptors (Lipinski definition) is 4. The van der Waals surface area contributed by atoms with Crippen LogP contribution < -0.4 is 29.6 Å². The van der Waals surface area contributed by atoms with E-state index in [9.17, 15) is 13.0 Å². The zero-order chi connectivity index (χ0) is 24.4. The van der Waals surface area contributed by atoms with Crippen molar-refractivity contribution in [3.63, 3.8) is 0 Å². The van der Waals surface area contributed by atoms with Crippen molar-refractivity contribution in [3.05, 3.63) is 47.6 Å². The quantitative estimate of drug-likeness (QED) is 0.229. The third-order valence-electron chi connectivity index (χ3n) is 8.86. The van der Waals surface area contributed by atoms with Gasteiger partial charge in [0.05, 0.1) is 6.10 Å². The Balaban J connectivity index is 0.00000408. The first-order valence-corrected chi connectivity index (χ1v) is 14.1. The molecule has 3 saturated carbocycles. The van der Waals surface area contributed by atoms with Crippen LogP contribution in [0.15, 0.2) is 47.6 Å². The van der Waals surface area contributed by atoms with Gasteiger partial charge in [0.15, 0.2) is 0 Å². The van der Waals surface area contributed by atoms with Gasteiger partial charge >= 0.3 is 29.6 Å². The van der Waals surface area contributed by atoms with Crippen molar-refractivity contribution in [2.24, 2.45) is 35.0 Å². The summed E-state index contributed by atoms with van der Waals surface area (Å²) >= 11 is 0. The molecular formula is C28H43NaO4S. The molecule has 0 N–H and O–H groups in total. The molecule has 0 spiro atoms. The molecule has 0 heterocycles. The summed E-state index contributed by atoms with van der Waals surface area (Å²) in [7, 11) is -4.68. The number of fused-ring (bicyclic) bond motifs is 1. The molecule has 0 radical (unpaired) electrons. The van der Waals surface area contributed by atoms with E-state index in [0.29, 0.717) is 54.3 Å². The molecule has 3 aliphatic carbocycles. The molecular weight excluding hydrogens is 455 g/mol. The molecule has 3 fully saturated rings. The standard InChI is InChI=1S/C28H44O4S.Na/c1-19(2)20(3)9-10-22(5)26-15-16-27-23(8-7-17-28(26,27)6)12-13-24-18-25(14-11-21(24)4)32-33(29,30)31;/h9-10,12-13,19-20,22,25-27H,4,7-8,11,14-18H2,1-3,5-6H3,(H,29,30,31);/q;+1/p-1/b10-9+,23-12+,24-13-;/t20-,22+,25-,26+,27-,28+;/m0./s1. The first-order chi connectivity index (χ1) is 15.4. The van der Waals surface area contributed by atoms with Crippen molar-refractivity contribution in [2.45, 2.75) is 92.1 Å². The summed E-state index contributed by atoms with van der Waals surface area (Å²) in [4.78, 5) is 0. The normalized spacial score (nSPS) is 34.4. The maximum absolute atomic E-state index is 11.0. The second kappa shape index (κ2) is 12.4. The fraction of sp³-hybridized carbons (Fsp3) is 0.714. The minimum atomic E-state index is -4.68. The van der Waals surface area contributed by atoms with Crippen molar-refractivity contribution in [3.8, 4) is 0 Å². The van der Waals surface area contributed by atoms with Crippen LogP contribution in [0.2, 0.25) is 0 Å². The molecule has 34 heavy (non-hydrogen) atoms. The second-order valence-electron chi connectivity index (χ2n) is 11.3. The van der Waals surface area contributed by atoms with Crippen LogP contribution in [0.3, 0.4) is 0 Å². The monoisotopic (exact) mass is 498 g/mol. The zero-order valence-electron chi connectivity index (χ0n) is 22.2. The minimum absolute atomic E-state index is 0. The van der Waals surface area contributed by atoms with Gasteiger partial charge in [0.25, 0.3) is 0 Å².